The van der Waals surface area contributed by atoms with Gasteiger partial charge in [0, 0.05) is 29.6 Å². The molecule has 0 saturated carbocycles. The van der Waals surface area contributed by atoms with Crippen molar-refractivity contribution in [1.82, 2.24) is 10.3 Å². The fourth-order valence-corrected chi connectivity index (χ4v) is 2.64. The lowest BCUT2D eigenvalue weighted by Crippen LogP contribution is -2.34. The van der Waals surface area contributed by atoms with Gasteiger partial charge in [0.25, 0.3) is 0 Å². The molecular weight excluding hydrogens is 252 g/mol. The molecule has 19 heavy (non-hydrogen) atoms. The average molecular weight is 274 g/mol. The van der Waals surface area contributed by atoms with Crippen LogP contribution in [0.15, 0.2) is 30.5 Å². The number of hydrogen-bond acceptors (Lipinski definition) is 3. The van der Waals surface area contributed by atoms with Crippen LogP contribution in [0, 0.1) is 6.92 Å². The van der Waals surface area contributed by atoms with E-state index >= 15 is 0 Å². The highest BCUT2D eigenvalue weighted by Crippen LogP contribution is 2.18. The van der Waals surface area contributed by atoms with E-state index in [2.05, 4.69) is 62.3 Å². The Morgan fingerprint density at radius 2 is 1.84 bits per heavy atom. The van der Waals surface area contributed by atoms with Crippen molar-refractivity contribution < 1.29 is 0 Å². The standard InChI is InChI=1S/C16H22N2S/c1-12-5-7-13(8-6-12)9-15-17-10-14(19-15)11-18-16(2,3)4/h5-8,10,18H,9,11H2,1-4H3. The quantitative estimate of drug-likeness (QED) is 0.913. The monoisotopic (exact) mass is 274 g/mol. The molecule has 0 aliphatic carbocycles. The summed E-state index contributed by atoms with van der Waals surface area (Å²) in [5, 5.41) is 4.68. The van der Waals surface area contributed by atoms with Crippen LogP contribution in [0.5, 0.6) is 0 Å². The second-order valence-corrected chi connectivity index (χ2v) is 7.19. The lowest BCUT2D eigenvalue weighted by Gasteiger charge is -2.19. The highest BCUT2D eigenvalue weighted by molar-refractivity contribution is 7.11. The third-order valence-corrected chi connectivity index (χ3v) is 3.87. The lowest BCUT2D eigenvalue weighted by molar-refractivity contribution is 0.426. The zero-order chi connectivity index (χ0) is 13.9. The highest BCUT2D eigenvalue weighted by atomic mass is 32.1. The second-order valence-electron chi connectivity index (χ2n) is 5.99. The second kappa shape index (κ2) is 5.85. The lowest BCUT2D eigenvalue weighted by atomic mass is 10.1. The van der Waals surface area contributed by atoms with E-state index in [0.717, 1.165) is 13.0 Å². The van der Waals surface area contributed by atoms with Crippen LogP contribution in [0.1, 0.15) is 41.8 Å². The van der Waals surface area contributed by atoms with Crippen molar-refractivity contribution in [3.8, 4) is 0 Å². The molecule has 102 valence electrons. The molecule has 3 heteroatoms. The van der Waals surface area contributed by atoms with Crippen molar-refractivity contribution in [2.24, 2.45) is 0 Å². The Kier molecular flexibility index (Phi) is 4.38. The molecular formula is C16H22N2S. The smallest absolute Gasteiger partial charge is 0.0971 e. The number of benzene rings is 1. The highest BCUT2D eigenvalue weighted by Gasteiger charge is 2.10. The summed E-state index contributed by atoms with van der Waals surface area (Å²) in [5.74, 6) is 0. The molecule has 0 radical (unpaired) electrons. The van der Waals surface area contributed by atoms with Gasteiger partial charge in [-0.3, -0.25) is 0 Å². The van der Waals surface area contributed by atoms with Crippen LogP contribution in [0.3, 0.4) is 0 Å². The maximum atomic E-state index is 4.51. The first kappa shape index (κ1) is 14.2. The Morgan fingerprint density at radius 3 is 2.47 bits per heavy atom. The zero-order valence-corrected chi connectivity index (χ0v) is 13.0. The van der Waals surface area contributed by atoms with Gasteiger partial charge in [0.2, 0.25) is 0 Å². The molecule has 0 fully saturated rings. The van der Waals surface area contributed by atoms with Crippen molar-refractivity contribution in [2.75, 3.05) is 0 Å². The van der Waals surface area contributed by atoms with E-state index in [1.807, 2.05) is 6.20 Å². The van der Waals surface area contributed by atoms with Gasteiger partial charge in [0.15, 0.2) is 0 Å². The Bertz CT molecular complexity index is 520. The SMILES string of the molecule is Cc1ccc(Cc2ncc(CNC(C)(C)C)s2)cc1. The van der Waals surface area contributed by atoms with Crippen LogP contribution in [0.2, 0.25) is 0 Å². The van der Waals surface area contributed by atoms with Crippen LogP contribution in [0.4, 0.5) is 0 Å². The number of rotatable bonds is 4. The number of nitrogens with zero attached hydrogens (tertiary/aromatic N) is 1. The molecule has 1 aromatic heterocycles. The zero-order valence-electron chi connectivity index (χ0n) is 12.2. The fraction of sp³-hybridized carbons (Fsp3) is 0.438. The molecule has 2 rings (SSSR count). The summed E-state index contributed by atoms with van der Waals surface area (Å²) < 4.78 is 0. The molecule has 2 aromatic rings. The molecule has 0 aliphatic heterocycles. The molecule has 0 spiro atoms. The first-order chi connectivity index (χ1) is 8.92. The Labute approximate surface area is 119 Å². The summed E-state index contributed by atoms with van der Waals surface area (Å²) >= 11 is 1.80. The van der Waals surface area contributed by atoms with Crippen LogP contribution < -0.4 is 5.32 Å². The van der Waals surface area contributed by atoms with Gasteiger partial charge >= 0.3 is 0 Å². The van der Waals surface area contributed by atoms with Crippen molar-refractivity contribution in [1.29, 1.82) is 0 Å². The van der Waals surface area contributed by atoms with Gasteiger partial charge in [0.1, 0.15) is 0 Å². The third kappa shape index (κ3) is 4.77. The fourth-order valence-electron chi connectivity index (χ4n) is 1.74. The van der Waals surface area contributed by atoms with Crippen LogP contribution >= 0.6 is 11.3 Å². The van der Waals surface area contributed by atoms with E-state index in [0.29, 0.717) is 0 Å². The van der Waals surface area contributed by atoms with Gasteiger partial charge in [-0.25, -0.2) is 4.98 Å². The summed E-state index contributed by atoms with van der Waals surface area (Å²) in [6, 6.07) is 8.68. The molecule has 1 aromatic carbocycles. The Morgan fingerprint density at radius 1 is 1.16 bits per heavy atom. The predicted octanol–water partition coefficient (Wildman–Crippen LogP) is 3.93. The van der Waals surface area contributed by atoms with Gasteiger partial charge in [-0.05, 0) is 33.3 Å². The van der Waals surface area contributed by atoms with E-state index in [-0.39, 0.29) is 5.54 Å². The van der Waals surface area contributed by atoms with Crippen LogP contribution in [-0.4, -0.2) is 10.5 Å². The maximum Gasteiger partial charge on any atom is 0.0971 e. The Balaban J connectivity index is 1.95. The van der Waals surface area contributed by atoms with Crippen molar-refractivity contribution in [2.45, 2.75) is 46.2 Å². The van der Waals surface area contributed by atoms with Crippen molar-refractivity contribution >= 4 is 11.3 Å². The van der Waals surface area contributed by atoms with Crippen molar-refractivity contribution in [3.63, 3.8) is 0 Å². The van der Waals surface area contributed by atoms with Crippen LogP contribution in [0.25, 0.3) is 0 Å². The van der Waals surface area contributed by atoms with Gasteiger partial charge in [-0.2, -0.15) is 0 Å². The Hall–Kier alpha value is -1.19. The molecule has 0 aliphatic rings. The minimum absolute atomic E-state index is 0.154. The van der Waals surface area contributed by atoms with E-state index in [1.54, 1.807) is 11.3 Å². The first-order valence-corrected chi connectivity index (χ1v) is 7.48. The summed E-state index contributed by atoms with van der Waals surface area (Å²) in [6.45, 7) is 9.56. The van der Waals surface area contributed by atoms with E-state index < -0.39 is 0 Å². The number of hydrogen-bond donors (Lipinski definition) is 1. The molecule has 0 bridgehead atoms. The summed E-state index contributed by atoms with van der Waals surface area (Å²) in [4.78, 5) is 5.82. The predicted molar refractivity (Wildman–Crippen MR) is 82.7 cm³/mol. The molecule has 0 amide bonds. The largest absolute Gasteiger partial charge is 0.307 e. The van der Waals surface area contributed by atoms with Crippen LogP contribution in [-0.2, 0) is 13.0 Å². The number of nitrogens with one attached hydrogen (secondary N) is 1. The number of aryl methyl sites for hydroxylation is 1. The first-order valence-electron chi connectivity index (χ1n) is 6.66. The average Bonchev–Trinajstić information content (AvgIpc) is 2.77. The van der Waals surface area contributed by atoms with Gasteiger partial charge in [-0.15, -0.1) is 11.3 Å². The molecule has 0 saturated heterocycles. The summed E-state index contributed by atoms with van der Waals surface area (Å²) in [6.07, 6.45) is 2.92. The van der Waals surface area contributed by atoms with Gasteiger partial charge in [-0.1, -0.05) is 29.8 Å². The molecule has 1 heterocycles. The molecule has 0 atom stereocenters. The van der Waals surface area contributed by atoms with E-state index in [4.69, 9.17) is 0 Å². The number of thiazole rings is 1. The molecule has 1 N–H and O–H groups in total. The minimum atomic E-state index is 0.154. The minimum Gasteiger partial charge on any atom is -0.307 e. The van der Waals surface area contributed by atoms with E-state index in [1.165, 1.54) is 21.0 Å². The van der Waals surface area contributed by atoms with Gasteiger partial charge < -0.3 is 5.32 Å². The van der Waals surface area contributed by atoms with E-state index in [9.17, 15) is 0 Å². The summed E-state index contributed by atoms with van der Waals surface area (Å²) in [7, 11) is 0. The summed E-state index contributed by atoms with van der Waals surface area (Å²) in [5.41, 5.74) is 2.79. The molecule has 2 nitrogen and oxygen atoms in total. The normalized spacial score (nSPS) is 11.8. The third-order valence-electron chi connectivity index (χ3n) is 2.87. The van der Waals surface area contributed by atoms with Crippen molar-refractivity contribution in [3.05, 3.63) is 51.5 Å². The molecule has 0 unspecified atom stereocenters. The number of aromatic nitrogens is 1. The van der Waals surface area contributed by atoms with Gasteiger partial charge in [0.05, 0.1) is 5.01 Å². The maximum absolute atomic E-state index is 4.51. The topological polar surface area (TPSA) is 24.9 Å².